The van der Waals surface area contributed by atoms with E-state index in [0.717, 1.165) is 11.3 Å². The molecule has 3 amide bonds. The zero-order valence-electron chi connectivity index (χ0n) is 13.8. The maximum Gasteiger partial charge on any atom is 0.233 e. The maximum absolute atomic E-state index is 12.3. The number of nitrogens with zero attached hydrogens (tertiary/aromatic N) is 1. The van der Waals surface area contributed by atoms with E-state index in [1.807, 2.05) is 43.3 Å². The second-order valence-electron chi connectivity index (χ2n) is 6.45. The number of carbonyl (C=O) groups excluding carboxylic acids is 3. The summed E-state index contributed by atoms with van der Waals surface area (Å²) in [6.45, 7) is 2.26. The number of rotatable bonds is 5. The molecule has 1 saturated heterocycles. The molecule has 1 aliphatic carbocycles. The van der Waals surface area contributed by atoms with E-state index < -0.39 is 0 Å². The summed E-state index contributed by atoms with van der Waals surface area (Å²) >= 11 is 0. The van der Waals surface area contributed by atoms with Crippen LogP contribution in [0.5, 0.6) is 0 Å². The van der Waals surface area contributed by atoms with Crippen molar-refractivity contribution in [3.05, 3.63) is 42.0 Å². The molecule has 0 spiro atoms. The van der Waals surface area contributed by atoms with Gasteiger partial charge in [-0.1, -0.05) is 30.4 Å². The Morgan fingerprint density at radius 1 is 1.12 bits per heavy atom. The first-order chi connectivity index (χ1) is 11.6. The quantitative estimate of drug-likeness (QED) is 0.668. The molecule has 1 aliphatic heterocycles. The molecule has 0 saturated carbocycles. The van der Waals surface area contributed by atoms with Crippen molar-refractivity contribution in [3.8, 4) is 0 Å². The molecule has 126 valence electrons. The Morgan fingerprint density at radius 2 is 1.75 bits per heavy atom. The van der Waals surface area contributed by atoms with E-state index in [2.05, 4.69) is 5.32 Å². The lowest BCUT2D eigenvalue weighted by Crippen LogP contribution is -2.32. The van der Waals surface area contributed by atoms with Gasteiger partial charge < -0.3 is 5.32 Å². The lowest BCUT2D eigenvalue weighted by molar-refractivity contribution is -0.140. The Morgan fingerprint density at radius 3 is 2.38 bits per heavy atom. The molecule has 1 aromatic carbocycles. The highest BCUT2D eigenvalue weighted by Crippen LogP contribution is 2.35. The third-order valence-corrected chi connectivity index (χ3v) is 4.80. The second-order valence-corrected chi connectivity index (χ2v) is 6.45. The zero-order chi connectivity index (χ0) is 17.1. The molecule has 1 N–H and O–H groups in total. The summed E-state index contributed by atoms with van der Waals surface area (Å²) in [5.41, 5.74) is 1.81. The number of allylic oxidation sites excluding steroid dienone is 2. The number of aryl methyl sites for hydroxylation is 1. The number of para-hydroxylation sites is 1. The molecule has 0 aromatic heterocycles. The second kappa shape index (κ2) is 6.99. The predicted molar refractivity (Wildman–Crippen MR) is 91.1 cm³/mol. The minimum atomic E-state index is -0.191. The number of imide groups is 1. The van der Waals surface area contributed by atoms with Crippen molar-refractivity contribution in [1.29, 1.82) is 0 Å². The van der Waals surface area contributed by atoms with Crippen molar-refractivity contribution < 1.29 is 14.4 Å². The van der Waals surface area contributed by atoms with Crippen LogP contribution >= 0.6 is 0 Å². The van der Waals surface area contributed by atoms with Gasteiger partial charge in [0.05, 0.1) is 11.8 Å². The largest absolute Gasteiger partial charge is 0.326 e. The van der Waals surface area contributed by atoms with E-state index >= 15 is 0 Å². The highest BCUT2D eigenvalue weighted by Gasteiger charge is 2.46. The van der Waals surface area contributed by atoms with Crippen molar-refractivity contribution >= 4 is 23.4 Å². The average molecular weight is 326 g/mol. The number of benzene rings is 1. The number of hydrogen-bond donors (Lipinski definition) is 1. The molecule has 2 aliphatic rings. The van der Waals surface area contributed by atoms with Gasteiger partial charge in [-0.15, -0.1) is 0 Å². The van der Waals surface area contributed by atoms with Crippen LogP contribution in [0.15, 0.2) is 36.4 Å². The summed E-state index contributed by atoms with van der Waals surface area (Å²) in [6, 6.07) is 7.59. The molecular formula is C19H22N2O3. The first-order valence-corrected chi connectivity index (χ1v) is 8.43. The molecule has 1 heterocycles. The van der Waals surface area contributed by atoms with Gasteiger partial charge in [0.25, 0.3) is 0 Å². The van der Waals surface area contributed by atoms with Crippen LogP contribution in [0.3, 0.4) is 0 Å². The molecule has 0 unspecified atom stereocenters. The van der Waals surface area contributed by atoms with E-state index in [-0.39, 0.29) is 29.6 Å². The van der Waals surface area contributed by atoms with Gasteiger partial charge in [-0.25, -0.2) is 0 Å². The van der Waals surface area contributed by atoms with Gasteiger partial charge in [0.1, 0.15) is 0 Å². The van der Waals surface area contributed by atoms with Gasteiger partial charge in [-0.2, -0.15) is 0 Å². The number of nitrogens with one attached hydrogen (secondary N) is 1. The summed E-state index contributed by atoms with van der Waals surface area (Å²) < 4.78 is 0. The standard InChI is InChI=1S/C19H22N2O3/c1-13-7-2-5-10-16(13)20-17(22)11-6-12-21-18(23)14-8-3-4-9-15(14)19(21)24/h2-5,7,10,14-15H,6,8-9,11-12H2,1H3,(H,20,22)/t14-,15-/m1/s1. The topological polar surface area (TPSA) is 66.5 Å². The maximum atomic E-state index is 12.3. The van der Waals surface area contributed by atoms with Crippen LogP contribution in [0.1, 0.15) is 31.2 Å². The summed E-state index contributed by atoms with van der Waals surface area (Å²) in [4.78, 5) is 38.1. The van der Waals surface area contributed by atoms with Crippen LogP contribution < -0.4 is 5.32 Å². The minimum Gasteiger partial charge on any atom is -0.326 e. The van der Waals surface area contributed by atoms with Gasteiger partial charge in [-0.3, -0.25) is 19.3 Å². The van der Waals surface area contributed by atoms with E-state index in [9.17, 15) is 14.4 Å². The monoisotopic (exact) mass is 326 g/mol. The smallest absolute Gasteiger partial charge is 0.233 e. The van der Waals surface area contributed by atoms with E-state index in [1.54, 1.807) is 0 Å². The first kappa shape index (κ1) is 16.4. The summed E-state index contributed by atoms with van der Waals surface area (Å²) in [6.07, 6.45) is 6.04. The highest BCUT2D eigenvalue weighted by molar-refractivity contribution is 6.05. The SMILES string of the molecule is Cc1ccccc1NC(=O)CCCN1C(=O)[C@@H]2CC=CC[C@H]2C1=O. The van der Waals surface area contributed by atoms with Gasteiger partial charge >= 0.3 is 0 Å². The number of anilines is 1. The molecule has 0 radical (unpaired) electrons. The highest BCUT2D eigenvalue weighted by atomic mass is 16.2. The third-order valence-electron chi connectivity index (χ3n) is 4.80. The Bertz CT molecular complexity index is 670. The van der Waals surface area contributed by atoms with E-state index in [0.29, 0.717) is 32.2 Å². The Kier molecular flexibility index (Phi) is 4.79. The molecule has 1 fully saturated rings. The number of amides is 3. The van der Waals surface area contributed by atoms with Crippen LogP contribution in [0.2, 0.25) is 0 Å². The van der Waals surface area contributed by atoms with E-state index in [1.165, 1.54) is 4.90 Å². The van der Waals surface area contributed by atoms with E-state index in [4.69, 9.17) is 0 Å². The van der Waals surface area contributed by atoms with Gasteiger partial charge in [-0.05, 0) is 37.8 Å². The summed E-state index contributed by atoms with van der Waals surface area (Å²) in [5, 5.41) is 2.87. The van der Waals surface area contributed by atoms with Crippen LogP contribution in [0, 0.1) is 18.8 Å². The molecule has 2 atom stereocenters. The van der Waals surface area contributed by atoms with Crippen molar-refractivity contribution in [1.82, 2.24) is 4.90 Å². The molecule has 5 nitrogen and oxygen atoms in total. The van der Waals surface area contributed by atoms with Gasteiger partial charge in [0.2, 0.25) is 17.7 Å². The molecule has 5 heteroatoms. The summed E-state index contributed by atoms with van der Waals surface area (Å²) in [7, 11) is 0. The predicted octanol–water partition coefficient (Wildman–Crippen LogP) is 2.66. The fourth-order valence-corrected chi connectivity index (χ4v) is 3.41. The number of fused-ring (bicyclic) bond motifs is 1. The fraction of sp³-hybridized carbons (Fsp3) is 0.421. The normalized spacial score (nSPS) is 22.6. The van der Waals surface area contributed by atoms with Crippen molar-refractivity contribution in [3.63, 3.8) is 0 Å². The minimum absolute atomic E-state index is 0.0753. The molecule has 0 bridgehead atoms. The number of hydrogen-bond acceptors (Lipinski definition) is 3. The molecular weight excluding hydrogens is 304 g/mol. The lowest BCUT2D eigenvalue weighted by Gasteiger charge is -2.14. The average Bonchev–Trinajstić information content (AvgIpc) is 2.82. The van der Waals surface area contributed by atoms with Crippen LogP contribution in [0.4, 0.5) is 5.69 Å². The van der Waals surface area contributed by atoms with Crippen molar-refractivity contribution in [2.45, 2.75) is 32.6 Å². The molecule has 24 heavy (non-hydrogen) atoms. The third kappa shape index (κ3) is 3.25. The number of carbonyl (C=O) groups is 3. The Balaban J connectivity index is 1.50. The van der Waals surface area contributed by atoms with Crippen LogP contribution in [-0.2, 0) is 14.4 Å². The zero-order valence-corrected chi connectivity index (χ0v) is 13.8. The van der Waals surface area contributed by atoms with Crippen molar-refractivity contribution in [2.75, 3.05) is 11.9 Å². The Labute approximate surface area is 141 Å². The molecule has 3 rings (SSSR count). The van der Waals surface area contributed by atoms with Crippen LogP contribution in [-0.4, -0.2) is 29.2 Å². The fourth-order valence-electron chi connectivity index (χ4n) is 3.41. The van der Waals surface area contributed by atoms with Crippen molar-refractivity contribution in [2.24, 2.45) is 11.8 Å². The first-order valence-electron chi connectivity index (χ1n) is 8.43. The Hall–Kier alpha value is -2.43. The summed E-state index contributed by atoms with van der Waals surface area (Å²) in [5.74, 6) is -0.628. The lowest BCUT2D eigenvalue weighted by atomic mass is 9.85. The molecule has 1 aromatic rings. The van der Waals surface area contributed by atoms with Gasteiger partial charge in [0.15, 0.2) is 0 Å². The van der Waals surface area contributed by atoms with Crippen LogP contribution in [0.25, 0.3) is 0 Å². The number of likely N-dealkylation sites (tertiary alicyclic amines) is 1. The van der Waals surface area contributed by atoms with Gasteiger partial charge in [0, 0.05) is 18.7 Å².